The molecule has 0 atom stereocenters. The van der Waals surface area contributed by atoms with Crippen molar-refractivity contribution in [1.29, 1.82) is 0 Å². The van der Waals surface area contributed by atoms with Crippen molar-refractivity contribution in [3.63, 3.8) is 0 Å². The van der Waals surface area contributed by atoms with Crippen LogP contribution in [-0.2, 0) is 0 Å². The van der Waals surface area contributed by atoms with Crippen molar-refractivity contribution in [2.45, 2.75) is 0 Å². The summed E-state index contributed by atoms with van der Waals surface area (Å²) < 4.78 is 6.28. The zero-order valence-corrected chi connectivity index (χ0v) is 20.0. The summed E-state index contributed by atoms with van der Waals surface area (Å²) >= 11 is 0. The van der Waals surface area contributed by atoms with E-state index in [4.69, 9.17) is 14.4 Å². The normalized spacial score (nSPS) is 11.2. The van der Waals surface area contributed by atoms with Crippen LogP contribution in [0.5, 0.6) is 0 Å². The first-order valence-electron chi connectivity index (χ1n) is 12.3. The molecule has 0 aliphatic heterocycles. The van der Waals surface area contributed by atoms with Gasteiger partial charge in [0.1, 0.15) is 11.2 Å². The Labute approximate surface area is 214 Å². The van der Waals surface area contributed by atoms with Crippen LogP contribution in [0.3, 0.4) is 0 Å². The Kier molecular flexibility index (Phi) is 5.11. The molecule has 0 radical (unpaired) electrons. The second-order valence-corrected chi connectivity index (χ2v) is 9.05. The van der Waals surface area contributed by atoms with Crippen molar-refractivity contribution in [2.24, 2.45) is 0 Å². The summed E-state index contributed by atoms with van der Waals surface area (Å²) in [6.07, 6.45) is 0. The van der Waals surface area contributed by atoms with Gasteiger partial charge in [0.05, 0.1) is 11.4 Å². The average molecular weight is 475 g/mol. The van der Waals surface area contributed by atoms with E-state index in [0.717, 1.165) is 55.6 Å². The van der Waals surface area contributed by atoms with Crippen molar-refractivity contribution in [3.8, 4) is 45.0 Å². The number of fused-ring (bicyclic) bond motifs is 3. The van der Waals surface area contributed by atoms with Crippen molar-refractivity contribution < 1.29 is 4.42 Å². The lowest BCUT2D eigenvalue weighted by atomic mass is 10.00. The average Bonchev–Trinajstić information content (AvgIpc) is 3.36. The van der Waals surface area contributed by atoms with E-state index >= 15 is 0 Å². The standard InChI is InChI=1S/C34H22N2O/c1-4-11-23(12-5-1)26-19-20-31-28(21-26)33-27(17-10-18-32(33)37-31)34-35-29(24-13-6-2-7-14-24)22-30(36-34)25-15-8-3-9-16-25/h1-22H. The predicted molar refractivity (Wildman–Crippen MR) is 151 cm³/mol. The van der Waals surface area contributed by atoms with Gasteiger partial charge >= 0.3 is 0 Å². The lowest BCUT2D eigenvalue weighted by Gasteiger charge is -2.10. The minimum Gasteiger partial charge on any atom is -0.456 e. The summed E-state index contributed by atoms with van der Waals surface area (Å²) in [5, 5.41) is 2.08. The van der Waals surface area contributed by atoms with E-state index in [9.17, 15) is 0 Å². The SMILES string of the molecule is c1ccc(-c2ccc3oc4cccc(-c5nc(-c6ccccc6)cc(-c6ccccc6)n5)c4c3c2)cc1. The molecular formula is C34H22N2O. The van der Waals surface area contributed by atoms with Gasteiger partial charge in [0.2, 0.25) is 0 Å². The molecule has 0 amide bonds. The van der Waals surface area contributed by atoms with E-state index in [-0.39, 0.29) is 0 Å². The molecule has 174 valence electrons. The van der Waals surface area contributed by atoms with Crippen molar-refractivity contribution in [1.82, 2.24) is 9.97 Å². The molecule has 2 aromatic heterocycles. The number of benzene rings is 5. The fourth-order valence-electron chi connectivity index (χ4n) is 4.90. The van der Waals surface area contributed by atoms with Crippen LogP contribution < -0.4 is 0 Å². The topological polar surface area (TPSA) is 38.9 Å². The fraction of sp³-hybridized carbons (Fsp3) is 0. The number of hydrogen-bond donors (Lipinski definition) is 0. The van der Waals surface area contributed by atoms with Gasteiger partial charge in [-0.25, -0.2) is 9.97 Å². The summed E-state index contributed by atoms with van der Waals surface area (Å²) in [5.74, 6) is 0.679. The minimum atomic E-state index is 0.679. The highest BCUT2D eigenvalue weighted by molar-refractivity contribution is 6.12. The summed E-state index contributed by atoms with van der Waals surface area (Å²) in [6, 6.07) is 45.5. The molecule has 0 bridgehead atoms. The third-order valence-corrected chi connectivity index (χ3v) is 6.71. The van der Waals surface area contributed by atoms with Crippen LogP contribution in [0.1, 0.15) is 0 Å². The Morgan fingerprint density at radius 2 is 1.03 bits per heavy atom. The van der Waals surface area contributed by atoms with Gasteiger partial charge in [0, 0.05) is 27.5 Å². The minimum absolute atomic E-state index is 0.679. The van der Waals surface area contributed by atoms with Crippen LogP contribution in [0.25, 0.3) is 67.0 Å². The maximum absolute atomic E-state index is 6.28. The van der Waals surface area contributed by atoms with Gasteiger partial charge < -0.3 is 4.42 Å². The lowest BCUT2D eigenvalue weighted by Crippen LogP contribution is -1.96. The van der Waals surface area contributed by atoms with E-state index in [1.807, 2.05) is 54.6 Å². The number of rotatable bonds is 4. The number of aromatic nitrogens is 2. The molecule has 0 spiro atoms. The predicted octanol–water partition coefficient (Wildman–Crippen LogP) is 9.04. The zero-order valence-electron chi connectivity index (χ0n) is 20.0. The molecule has 5 aromatic carbocycles. The van der Waals surface area contributed by atoms with Crippen LogP contribution in [0.4, 0.5) is 0 Å². The molecule has 0 fully saturated rings. The fourth-order valence-corrected chi connectivity index (χ4v) is 4.90. The second-order valence-electron chi connectivity index (χ2n) is 9.05. The van der Waals surface area contributed by atoms with Crippen LogP contribution in [0.2, 0.25) is 0 Å². The Balaban J connectivity index is 1.49. The molecule has 0 saturated carbocycles. The third kappa shape index (κ3) is 3.87. The molecule has 0 N–H and O–H groups in total. The van der Waals surface area contributed by atoms with Gasteiger partial charge in [0.25, 0.3) is 0 Å². The first-order chi connectivity index (χ1) is 18.3. The highest BCUT2D eigenvalue weighted by atomic mass is 16.3. The van der Waals surface area contributed by atoms with Gasteiger partial charge in [-0.2, -0.15) is 0 Å². The molecule has 0 saturated heterocycles. The van der Waals surface area contributed by atoms with Crippen LogP contribution in [0, 0.1) is 0 Å². The molecule has 7 aromatic rings. The molecular weight excluding hydrogens is 452 g/mol. The summed E-state index contributed by atoms with van der Waals surface area (Å²) in [7, 11) is 0. The molecule has 3 heteroatoms. The highest BCUT2D eigenvalue weighted by Crippen LogP contribution is 2.38. The molecule has 7 rings (SSSR count). The van der Waals surface area contributed by atoms with Crippen LogP contribution in [-0.4, -0.2) is 9.97 Å². The Morgan fingerprint density at radius 3 is 1.65 bits per heavy atom. The summed E-state index contributed by atoms with van der Waals surface area (Å²) in [6.45, 7) is 0. The maximum Gasteiger partial charge on any atom is 0.161 e. The maximum atomic E-state index is 6.28. The monoisotopic (exact) mass is 474 g/mol. The molecule has 2 heterocycles. The Hall–Kier alpha value is -5.02. The van der Waals surface area contributed by atoms with E-state index < -0.39 is 0 Å². The highest BCUT2D eigenvalue weighted by Gasteiger charge is 2.17. The smallest absolute Gasteiger partial charge is 0.161 e. The first kappa shape index (κ1) is 21.3. The first-order valence-corrected chi connectivity index (χ1v) is 12.3. The summed E-state index contributed by atoms with van der Waals surface area (Å²) in [4.78, 5) is 10.1. The molecule has 0 unspecified atom stereocenters. The number of nitrogens with zero attached hydrogens (tertiary/aromatic N) is 2. The molecule has 0 aliphatic rings. The Morgan fingerprint density at radius 1 is 0.432 bits per heavy atom. The van der Waals surface area contributed by atoms with Crippen LogP contribution in [0.15, 0.2) is 138 Å². The van der Waals surface area contributed by atoms with E-state index in [1.54, 1.807) is 0 Å². The van der Waals surface area contributed by atoms with Gasteiger partial charge in [-0.15, -0.1) is 0 Å². The molecule has 3 nitrogen and oxygen atoms in total. The molecule has 37 heavy (non-hydrogen) atoms. The van der Waals surface area contributed by atoms with E-state index in [1.165, 1.54) is 5.56 Å². The van der Waals surface area contributed by atoms with Gasteiger partial charge in [-0.3, -0.25) is 0 Å². The van der Waals surface area contributed by atoms with E-state index in [2.05, 4.69) is 78.9 Å². The van der Waals surface area contributed by atoms with Crippen molar-refractivity contribution in [3.05, 3.63) is 133 Å². The second kappa shape index (κ2) is 8.89. The number of hydrogen-bond acceptors (Lipinski definition) is 3. The third-order valence-electron chi connectivity index (χ3n) is 6.71. The van der Waals surface area contributed by atoms with Gasteiger partial charge in [-0.05, 0) is 35.4 Å². The van der Waals surface area contributed by atoms with Crippen molar-refractivity contribution >= 4 is 21.9 Å². The summed E-state index contributed by atoms with van der Waals surface area (Å²) in [5.41, 5.74) is 8.84. The quantitative estimate of drug-likeness (QED) is 0.255. The van der Waals surface area contributed by atoms with Gasteiger partial charge in [0.15, 0.2) is 5.82 Å². The zero-order chi connectivity index (χ0) is 24.6. The van der Waals surface area contributed by atoms with Crippen LogP contribution >= 0.6 is 0 Å². The van der Waals surface area contributed by atoms with E-state index in [0.29, 0.717) is 5.82 Å². The molecule has 0 aliphatic carbocycles. The lowest BCUT2D eigenvalue weighted by molar-refractivity contribution is 0.669. The Bertz CT molecular complexity index is 1800. The van der Waals surface area contributed by atoms with Gasteiger partial charge in [-0.1, -0.05) is 109 Å². The largest absolute Gasteiger partial charge is 0.456 e. The number of furan rings is 1. The van der Waals surface area contributed by atoms with Crippen molar-refractivity contribution in [2.75, 3.05) is 0 Å².